The Bertz CT molecular complexity index is 515. The molecule has 0 radical (unpaired) electrons. The zero-order valence-electron chi connectivity index (χ0n) is 9.74. The molecule has 1 aromatic heterocycles. The highest BCUT2D eigenvalue weighted by molar-refractivity contribution is 5.63. The molecule has 16 heavy (non-hydrogen) atoms. The van der Waals surface area contributed by atoms with Gasteiger partial charge in [-0.15, -0.1) is 0 Å². The Morgan fingerprint density at radius 3 is 2.62 bits per heavy atom. The fourth-order valence-corrected chi connectivity index (χ4v) is 1.63. The Kier molecular flexibility index (Phi) is 2.69. The molecule has 3 heteroatoms. The molecule has 0 aliphatic carbocycles. The standard InChI is InChI=1S/C13H15NO2/c1-4-12-14-13(9(3)16-12)10-6-5-8(2)11(15)7-10/h5-7,15H,4H2,1-3H3. The van der Waals surface area contributed by atoms with Crippen molar-refractivity contribution in [1.29, 1.82) is 0 Å². The first-order valence-electron chi connectivity index (χ1n) is 5.38. The summed E-state index contributed by atoms with van der Waals surface area (Å²) in [5, 5.41) is 9.66. The third-order valence-electron chi connectivity index (χ3n) is 2.63. The Hall–Kier alpha value is -1.77. The number of aryl methyl sites for hydroxylation is 3. The maximum Gasteiger partial charge on any atom is 0.194 e. The van der Waals surface area contributed by atoms with Gasteiger partial charge in [0.2, 0.25) is 0 Å². The molecule has 0 unspecified atom stereocenters. The van der Waals surface area contributed by atoms with Crippen LogP contribution in [0.15, 0.2) is 22.6 Å². The Morgan fingerprint density at radius 2 is 2.06 bits per heavy atom. The van der Waals surface area contributed by atoms with Gasteiger partial charge >= 0.3 is 0 Å². The van der Waals surface area contributed by atoms with Gasteiger partial charge in [-0.2, -0.15) is 0 Å². The molecule has 0 atom stereocenters. The van der Waals surface area contributed by atoms with E-state index < -0.39 is 0 Å². The van der Waals surface area contributed by atoms with Crippen molar-refractivity contribution < 1.29 is 9.52 Å². The number of phenols is 1. The fourth-order valence-electron chi connectivity index (χ4n) is 1.63. The van der Waals surface area contributed by atoms with Crippen LogP contribution < -0.4 is 0 Å². The summed E-state index contributed by atoms with van der Waals surface area (Å²) in [5.41, 5.74) is 2.57. The van der Waals surface area contributed by atoms with E-state index in [-0.39, 0.29) is 5.75 Å². The lowest BCUT2D eigenvalue weighted by Crippen LogP contribution is -1.83. The molecule has 1 aromatic carbocycles. The molecule has 1 heterocycles. The molecule has 0 bridgehead atoms. The van der Waals surface area contributed by atoms with Crippen molar-refractivity contribution >= 4 is 0 Å². The minimum atomic E-state index is 0.290. The molecule has 84 valence electrons. The molecule has 3 nitrogen and oxygen atoms in total. The van der Waals surface area contributed by atoms with Gasteiger partial charge in [-0.3, -0.25) is 0 Å². The molecule has 1 N–H and O–H groups in total. The maximum atomic E-state index is 9.66. The average molecular weight is 217 g/mol. The number of rotatable bonds is 2. The van der Waals surface area contributed by atoms with Crippen LogP contribution in [-0.4, -0.2) is 10.1 Å². The molecule has 0 amide bonds. The van der Waals surface area contributed by atoms with Crippen LogP contribution >= 0.6 is 0 Å². The zero-order chi connectivity index (χ0) is 11.7. The molecule has 0 saturated carbocycles. The summed E-state index contributed by atoms with van der Waals surface area (Å²) in [6.45, 7) is 5.76. The highest BCUT2D eigenvalue weighted by Crippen LogP contribution is 2.28. The van der Waals surface area contributed by atoms with Crippen molar-refractivity contribution in [3.05, 3.63) is 35.4 Å². The van der Waals surface area contributed by atoms with E-state index in [1.54, 1.807) is 6.07 Å². The molecule has 0 spiro atoms. The fraction of sp³-hybridized carbons (Fsp3) is 0.308. The zero-order valence-corrected chi connectivity index (χ0v) is 9.74. The lowest BCUT2D eigenvalue weighted by molar-refractivity contribution is 0.471. The van der Waals surface area contributed by atoms with E-state index >= 15 is 0 Å². The highest BCUT2D eigenvalue weighted by atomic mass is 16.4. The van der Waals surface area contributed by atoms with Gasteiger partial charge < -0.3 is 9.52 Å². The molecular weight excluding hydrogens is 202 g/mol. The van der Waals surface area contributed by atoms with Crippen molar-refractivity contribution in [2.24, 2.45) is 0 Å². The third kappa shape index (κ3) is 1.81. The van der Waals surface area contributed by atoms with E-state index in [4.69, 9.17) is 4.42 Å². The minimum Gasteiger partial charge on any atom is -0.508 e. The van der Waals surface area contributed by atoms with Gasteiger partial charge in [0.25, 0.3) is 0 Å². The number of hydrogen-bond donors (Lipinski definition) is 1. The van der Waals surface area contributed by atoms with Crippen molar-refractivity contribution in [3.63, 3.8) is 0 Å². The smallest absolute Gasteiger partial charge is 0.194 e. The summed E-state index contributed by atoms with van der Waals surface area (Å²) in [6, 6.07) is 5.55. The number of phenolic OH excluding ortho intramolecular Hbond substituents is 1. The quantitative estimate of drug-likeness (QED) is 0.840. The van der Waals surface area contributed by atoms with Crippen LogP contribution in [0.3, 0.4) is 0 Å². The van der Waals surface area contributed by atoms with Crippen LogP contribution in [0, 0.1) is 13.8 Å². The van der Waals surface area contributed by atoms with E-state index in [1.165, 1.54) is 0 Å². The lowest BCUT2D eigenvalue weighted by Gasteiger charge is -2.01. The summed E-state index contributed by atoms with van der Waals surface area (Å²) in [4.78, 5) is 4.39. The van der Waals surface area contributed by atoms with E-state index in [2.05, 4.69) is 4.98 Å². The van der Waals surface area contributed by atoms with Crippen molar-refractivity contribution in [2.45, 2.75) is 27.2 Å². The van der Waals surface area contributed by atoms with E-state index in [9.17, 15) is 5.11 Å². The normalized spacial score (nSPS) is 10.7. The number of hydrogen-bond acceptors (Lipinski definition) is 3. The first-order chi connectivity index (χ1) is 7.61. The summed E-state index contributed by atoms with van der Waals surface area (Å²) >= 11 is 0. The number of oxazole rings is 1. The van der Waals surface area contributed by atoms with Gasteiger partial charge in [0, 0.05) is 12.0 Å². The monoisotopic (exact) mass is 217 g/mol. The van der Waals surface area contributed by atoms with Gasteiger partial charge in [0.05, 0.1) is 0 Å². The second kappa shape index (κ2) is 4.00. The molecule has 2 aromatic rings. The van der Waals surface area contributed by atoms with Crippen molar-refractivity contribution in [2.75, 3.05) is 0 Å². The average Bonchev–Trinajstić information content (AvgIpc) is 2.64. The van der Waals surface area contributed by atoms with Crippen LogP contribution in [0.25, 0.3) is 11.3 Å². The Morgan fingerprint density at radius 1 is 1.31 bits per heavy atom. The predicted octanol–water partition coefficient (Wildman–Crippen LogP) is 3.23. The van der Waals surface area contributed by atoms with Gasteiger partial charge in [-0.1, -0.05) is 19.1 Å². The van der Waals surface area contributed by atoms with Gasteiger partial charge in [-0.05, 0) is 25.5 Å². The van der Waals surface area contributed by atoms with Crippen molar-refractivity contribution in [3.8, 4) is 17.0 Å². The second-order valence-electron chi connectivity index (χ2n) is 3.87. The summed E-state index contributed by atoms with van der Waals surface area (Å²) in [6.07, 6.45) is 0.776. The minimum absolute atomic E-state index is 0.290. The largest absolute Gasteiger partial charge is 0.508 e. The van der Waals surface area contributed by atoms with Gasteiger partial charge in [0.1, 0.15) is 17.2 Å². The number of benzene rings is 1. The van der Waals surface area contributed by atoms with E-state index in [0.29, 0.717) is 0 Å². The summed E-state index contributed by atoms with van der Waals surface area (Å²) in [7, 11) is 0. The number of aromatic nitrogens is 1. The second-order valence-corrected chi connectivity index (χ2v) is 3.87. The molecular formula is C13H15NO2. The summed E-state index contributed by atoms with van der Waals surface area (Å²) in [5.74, 6) is 1.81. The van der Waals surface area contributed by atoms with E-state index in [1.807, 2.05) is 32.9 Å². The van der Waals surface area contributed by atoms with Crippen LogP contribution in [0.2, 0.25) is 0 Å². The van der Waals surface area contributed by atoms with Crippen LogP contribution in [0.1, 0.15) is 24.1 Å². The lowest BCUT2D eigenvalue weighted by atomic mass is 10.1. The molecule has 0 saturated heterocycles. The SMILES string of the molecule is CCc1nc(-c2ccc(C)c(O)c2)c(C)o1. The number of nitrogens with zero attached hydrogens (tertiary/aromatic N) is 1. The highest BCUT2D eigenvalue weighted by Gasteiger charge is 2.11. The van der Waals surface area contributed by atoms with Gasteiger partial charge in [-0.25, -0.2) is 4.98 Å². The van der Waals surface area contributed by atoms with Crippen LogP contribution in [0.5, 0.6) is 5.75 Å². The Balaban J connectivity index is 2.49. The van der Waals surface area contributed by atoms with Crippen molar-refractivity contribution in [1.82, 2.24) is 4.98 Å². The maximum absolute atomic E-state index is 9.66. The first-order valence-corrected chi connectivity index (χ1v) is 5.38. The van der Waals surface area contributed by atoms with Crippen LogP contribution in [0.4, 0.5) is 0 Å². The molecule has 0 aliphatic heterocycles. The molecule has 2 rings (SSSR count). The Labute approximate surface area is 94.8 Å². The van der Waals surface area contributed by atoms with E-state index in [0.717, 1.165) is 34.9 Å². The summed E-state index contributed by atoms with van der Waals surface area (Å²) < 4.78 is 5.50. The van der Waals surface area contributed by atoms with Gasteiger partial charge in [0.15, 0.2) is 5.89 Å². The first kappa shape index (κ1) is 10.7. The topological polar surface area (TPSA) is 46.3 Å². The predicted molar refractivity (Wildman–Crippen MR) is 62.5 cm³/mol. The molecule has 0 fully saturated rings. The van der Waals surface area contributed by atoms with Crippen LogP contribution in [-0.2, 0) is 6.42 Å². The number of aromatic hydroxyl groups is 1. The molecule has 0 aliphatic rings. The third-order valence-corrected chi connectivity index (χ3v) is 2.63.